The fraction of sp³-hybridized carbons (Fsp3) is 0.556. The van der Waals surface area contributed by atoms with Crippen LogP contribution in [0.5, 0.6) is 0 Å². The molecule has 1 atom stereocenters. The Morgan fingerprint density at radius 2 is 1.75 bits per heavy atom. The minimum absolute atomic E-state index is 0.00501. The minimum Gasteiger partial charge on any atom is -0.347 e. The molecule has 1 heterocycles. The van der Waals surface area contributed by atoms with Gasteiger partial charge in [-0.3, -0.25) is 14.5 Å². The molecule has 1 aliphatic heterocycles. The lowest BCUT2D eigenvalue weighted by Gasteiger charge is -2.42. The van der Waals surface area contributed by atoms with E-state index in [0.29, 0.717) is 19.6 Å². The summed E-state index contributed by atoms with van der Waals surface area (Å²) in [6.45, 7) is 5.27. The summed E-state index contributed by atoms with van der Waals surface area (Å²) < 4.78 is 13.1. The van der Waals surface area contributed by atoms with Gasteiger partial charge in [-0.05, 0) is 38.6 Å². The molecule has 24 heavy (non-hydrogen) atoms. The molecule has 0 radical (unpaired) electrons. The predicted molar refractivity (Wildman–Crippen MR) is 91.1 cm³/mol. The average Bonchev–Trinajstić information content (AvgIpc) is 2.54. The maximum absolute atomic E-state index is 13.1. The van der Waals surface area contributed by atoms with E-state index in [4.69, 9.17) is 0 Å². The highest BCUT2D eigenvalue weighted by atomic mass is 19.1. The average molecular weight is 335 g/mol. The lowest BCUT2D eigenvalue weighted by Crippen LogP contribution is -2.60. The highest BCUT2D eigenvalue weighted by molar-refractivity contribution is 5.89. The van der Waals surface area contributed by atoms with Crippen molar-refractivity contribution in [2.24, 2.45) is 0 Å². The maximum Gasteiger partial charge on any atom is 0.241 e. The smallest absolute Gasteiger partial charge is 0.241 e. The van der Waals surface area contributed by atoms with E-state index in [-0.39, 0.29) is 23.7 Å². The van der Waals surface area contributed by atoms with Crippen LogP contribution in [0.3, 0.4) is 0 Å². The van der Waals surface area contributed by atoms with Crippen LogP contribution >= 0.6 is 0 Å². The summed E-state index contributed by atoms with van der Waals surface area (Å²) in [6.07, 6.45) is 0. The van der Waals surface area contributed by atoms with Crippen LogP contribution in [-0.2, 0) is 15.0 Å². The highest BCUT2D eigenvalue weighted by Gasteiger charge is 2.39. The van der Waals surface area contributed by atoms with Crippen LogP contribution in [0.15, 0.2) is 24.3 Å². The van der Waals surface area contributed by atoms with E-state index in [0.717, 1.165) is 5.56 Å². The summed E-state index contributed by atoms with van der Waals surface area (Å²) in [5.41, 5.74) is -0.00157. The van der Waals surface area contributed by atoms with E-state index >= 15 is 0 Å². The zero-order valence-corrected chi connectivity index (χ0v) is 15.0. The van der Waals surface area contributed by atoms with Gasteiger partial charge in [0.1, 0.15) is 11.9 Å². The van der Waals surface area contributed by atoms with E-state index < -0.39 is 5.41 Å². The van der Waals surface area contributed by atoms with E-state index in [9.17, 15) is 14.0 Å². The van der Waals surface area contributed by atoms with Crippen LogP contribution in [-0.4, -0.2) is 73.3 Å². The maximum atomic E-state index is 13.1. The fourth-order valence-corrected chi connectivity index (χ4v) is 3.01. The number of rotatable bonds is 3. The highest BCUT2D eigenvalue weighted by Crippen LogP contribution is 2.27. The third kappa shape index (κ3) is 3.59. The topological polar surface area (TPSA) is 43.9 Å². The molecule has 0 spiro atoms. The molecular weight excluding hydrogens is 309 g/mol. The van der Waals surface area contributed by atoms with Crippen molar-refractivity contribution in [3.05, 3.63) is 35.6 Å². The number of hydrogen-bond donors (Lipinski definition) is 0. The number of benzene rings is 1. The molecule has 5 nitrogen and oxygen atoms in total. The van der Waals surface area contributed by atoms with E-state index in [2.05, 4.69) is 0 Å². The molecule has 2 rings (SSSR count). The number of likely N-dealkylation sites (N-methyl/N-ethyl adjacent to an activating group) is 2. The van der Waals surface area contributed by atoms with Crippen LogP contribution < -0.4 is 0 Å². The Bertz CT molecular complexity index is 613. The Hall–Kier alpha value is -1.95. The number of amides is 2. The first-order valence-electron chi connectivity index (χ1n) is 8.11. The van der Waals surface area contributed by atoms with Gasteiger partial charge in [-0.2, -0.15) is 0 Å². The quantitative estimate of drug-likeness (QED) is 0.837. The van der Waals surface area contributed by atoms with Crippen LogP contribution in [0.25, 0.3) is 0 Å². The van der Waals surface area contributed by atoms with Crippen molar-refractivity contribution < 1.29 is 14.0 Å². The second kappa shape index (κ2) is 6.89. The number of carbonyl (C=O) groups excluding carboxylic acids is 2. The first kappa shape index (κ1) is 18.4. The third-order valence-corrected chi connectivity index (χ3v) is 4.76. The summed E-state index contributed by atoms with van der Waals surface area (Å²) >= 11 is 0. The number of carbonyl (C=O) groups is 2. The molecular formula is C18H26FN3O2. The zero-order valence-electron chi connectivity index (χ0n) is 15.0. The number of halogens is 1. The number of hydrogen-bond acceptors (Lipinski definition) is 3. The van der Waals surface area contributed by atoms with Crippen LogP contribution in [0.1, 0.15) is 19.4 Å². The van der Waals surface area contributed by atoms with E-state index in [1.165, 1.54) is 12.1 Å². The SMILES string of the molecule is CN(C)C(=O)[C@H]1CN(C(=O)C(C)(C)c2ccc(F)cc2)CCN1C. The molecule has 1 aliphatic rings. The van der Waals surface area contributed by atoms with E-state index in [1.54, 1.807) is 36.0 Å². The normalized spacial score (nSPS) is 19.2. The lowest BCUT2D eigenvalue weighted by atomic mass is 9.83. The fourth-order valence-electron chi connectivity index (χ4n) is 3.01. The third-order valence-electron chi connectivity index (χ3n) is 4.76. The monoisotopic (exact) mass is 335 g/mol. The summed E-state index contributed by atoms with van der Waals surface area (Å²) in [5, 5.41) is 0. The lowest BCUT2D eigenvalue weighted by molar-refractivity contribution is -0.144. The van der Waals surface area contributed by atoms with Crippen molar-refractivity contribution in [1.29, 1.82) is 0 Å². The van der Waals surface area contributed by atoms with Gasteiger partial charge in [-0.15, -0.1) is 0 Å². The molecule has 1 fully saturated rings. The van der Waals surface area contributed by atoms with Gasteiger partial charge in [0.2, 0.25) is 11.8 Å². The molecule has 1 aromatic carbocycles. The zero-order chi connectivity index (χ0) is 18.1. The Balaban J connectivity index is 2.19. The van der Waals surface area contributed by atoms with Crippen molar-refractivity contribution in [3.63, 3.8) is 0 Å². The molecule has 132 valence electrons. The van der Waals surface area contributed by atoms with Gasteiger partial charge in [0.05, 0.1) is 5.41 Å². The standard InChI is InChI=1S/C18H26FN3O2/c1-18(2,13-6-8-14(19)9-7-13)17(24)22-11-10-21(5)15(12-22)16(23)20(3)4/h6-9,15H,10-12H2,1-5H3/t15-/m1/s1. The van der Waals surface area contributed by atoms with Gasteiger partial charge in [-0.25, -0.2) is 4.39 Å². The van der Waals surface area contributed by atoms with Gasteiger partial charge >= 0.3 is 0 Å². The van der Waals surface area contributed by atoms with Crippen LogP contribution in [0.4, 0.5) is 4.39 Å². The molecule has 0 aromatic heterocycles. The molecule has 1 saturated heterocycles. The van der Waals surface area contributed by atoms with Gasteiger partial charge in [0, 0.05) is 33.7 Å². The van der Waals surface area contributed by atoms with Crippen LogP contribution in [0.2, 0.25) is 0 Å². The summed E-state index contributed by atoms with van der Waals surface area (Å²) in [7, 11) is 5.35. The Kier molecular flexibility index (Phi) is 5.28. The van der Waals surface area contributed by atoms with Crippen LogP contribution in [0, 0.1) is 5.82 Å². The first-order valence-corrected chi connectivity index (χ1v) is 8.11. The summed E-state index contributed by atoms with van der Waals surface area (Å²) in [4.78, 5) is 30.7. The summed E-state index contributed by atoms with van der Waals surface area (Å²) in [5.74, 6) is -0.369. The molecule has 0 unspecified atom stereocenters. The molecule has 0 aliphatic carbocycles. The van der Waals surface area contributed by atoms with E-state index in [1.807, 2.05) is 25.8 Å². The number of piperazine rings is 1. The molecule has 0 bridgehead atoms. The molecule has 0 N–H and O–H groups in total. The minimum atomic E-state index is -0.769. The van der Waals surface area contributed by atoms with Crippen molar-refractivity contribution in [3.8, 4) is 0 Å². The van der Waals surface area contributed by atoms with Crippen molar-refractivity contribution in [1.82, 2.24) is 14.7 Å². The molecule has 2 amide bonds. The first-order chi connectivity index (χ1) is 11.1. The Morgan fingerprint density at radius 1 is 1.17 bits per heavy atom. The van der Waals surface area contributed by atoms with Gasteiger partial charge < -0.3 is 9.80 Å². The van der Waals surface area contributed by atoms with Crippen molar-refractivity contribution in [2.75, 3.05) is 40.8 Å². The Morgan fingerprint density at radius 3 is 2.29 bits per heavy atom. The second-order valence-corrected chi connectivity index (χ2v) is 7.11. The predicted octanol–water partition coefficient (Wildman–Crippen LogP) is 1.33. The largest absolute Gasteiger partial charge is 0.347 e. The summed E-state index contributed by atoms with van der Waals surface area (Å²) in [6, 6.07) is 5.69. The van der Waals surface area contributed by atoms with Gasteiger partial charge in [-0.1, -0.05) is 12.1 Å². The molecule has 6 heteroatoms. The molecule has 0 saturated carbocycles. The van der Waals surface area contributed by atoms with Crippen molar-refractivity contribution >= 4 is 11.8 Å². The Labute approximate surface area is 143 Å². The van der Waals surface area contributed by atoms with Gasteiger partial charge in [0.25, 0.3) is 0 Å². The molecule has 1 aromatic rings. The number of nitrogens with zero attached hydrogens (tertiary/aromatic N) is 3. The second-order valence-electron chi connectivity index (χ2n) is 7.11. The van der Waals surface area contributed by atoms with Crippen molar-refractivity contribution in [2.45, 2.75) is 25.3 Å². The van der Waals surface area contributed by atoms with Gasteiger partial charge in [0.15, 0.2) is 0 Å².